The van der Waals surface area contributed by atoms with Crippen molar-refractivity contribution >= 4 is 23.2 Å². The van der Waals surface area contributed by atoms with Crippen LogP contribution in [-0.2, 0) is 4.79 Å². The second kappa shape index (κ2) is 7.85. The summed E-state index contributed by atoms with van der Waals surface area (Å²) in [5.74, 6) is 0.264. The van der Waals surface area contributed by atoms with Gasteiger partial charge in [0.2, 0.25) is 11.8 Å². The number of anilines is 1. The molecule has 0 aliphatic heterocycles. The van der Waals surface area contributed by atoms with E-state index in [1.807, 2.05) is 53.4 Å². The first-order chi connectivity index (χ1) is 12.2. The van der Waals surface area contributed by atoms with Crippen LogP contribution < -0.4 is 10.1 Å². The van der Waals surface area contributed by atoms with Gasteiger partial charge < -0.3 is 14.6 Å². The van der Waals surface area contributed by atoms with Crippen molar-refractivity contribution < 1.29 is 9.53 Å². The Hall–Kier alpha value is -2.79. The van der Waals surface area contributed by atoms with Crippen LogP contribution >= 0.6 is 11.6 Å². The summed E-state index contributed by atoms with van der Waals surface area (Å²) in [6, 6.07) is 14.8. The monoisotopic (exact) mass is 355 g/mol. The molecule has 128 valence electrons. The topological polar surface area (TPSA) is 56.1 Å². The smallest absolute Gasteiger partial charge is 0.237 e. The molecule has 0 spiro atoms. The summed E-state index contributed by atoms with van der Waals surface area (Å²) < 4.78 is 7.18. The Labute approximate surface area is 151 Å². The van der Waals surface area contributed by atoms with E-state index in [2.05, 4.69) is 10.3 Å². The number of rotatable bonds is 6. The van der Waals surface area contributed by atoms with Crippen LogP contribution in [0.1, 0.15) is 18.0 Å². The summed E-state index contributed by atoms with van der Waals surface area (Å²) in [5.41, 5.74) is 1.56. The molecule has 0 bridgehead atoms. The molecule has 0 unspecified atom stereocenters. The molecule has 3 aromatic rings. The largest absolute Gasteiger partial charge is 0.480 e. The van der Waals surface area contributed by atoms with Gasteiger partial charge in [0.05, 0.1) is 19.6 Å². The number of carbonyl (C=O) groups excluding carboxylic acids is 1. The van der Waals surface area contributed by atoms with Crippen molar-refractivity contribution in [3.63, 3.8) is 0 Å². The predicted molar refractivity (Wildman–Crippen MR) is 98.1 cm³/mol. The van der Waals surface area contributed by atoms with Gasteiger partial charge in [-0.1, -0.05) is 23.7 Å². The van der Waals surface area contributed by atoms with Gasteiger partial charge in [0.25, 0.3) is 0 Å². The van der Waals surface area contributed by atoms with Gasteiger partial charge in [0, 0.05) is 23.6 Å². The quantitative estimate of drug-likeness (QED) is 0.722. The van der Waals surface area contributed by atoms with Crippen LogP contribution in [0.2, 0.25) is 5.02 Å². The Kier molecular flexibility index (Phi) is 5.36. The average Bonchev–Trinajstić information content (AvgIpc) is 3.15. The van der Waals surface area contributed by atoms with Crippen molar-refractivity contribution in [3.05, 3.63) is 77.7 Å². The summed E-state index contributed by atoms with van der Waals surface area (Å²) in [6.07, 6.45) is 5.77. The molecule has 0 fully saturated rings. The zero-order valence-corrected chi connectivity index (χ0v) is 14.5. The Bertz CT molecular complexity index is 832. The molecular weight excluding hydrogens is 338 g/mol. The maximum Gasteiger partial charge on any atom is 0.237 e. The van der Waals surface area contributed by atoms with E-state index in [0.29, 0.717) is 16.6 Å². The average molecular weight is 356 g/mol. The summed E-state index contributed by atoms with van der Waals surface area (Å²) >= 11 is 5.98. The number of halogens is 1. The summed E-state index contributed by atoms with van der Waals surface area (Å²) in [4.78, 5) is 16.7. The van der Waals surface area contributed by atoms with Crippen molar-refractivity contribution in [3.8, 4) is 5.88 Å². The fourth-order valence-corrected chi connectivity index (χ4v) is 2.79. The van der Waals surface area contributed by atoms with E-state index in [0.717, 1.165) is 5.56 Å². The molecule has 25 heavy (non-hydrogen) atoms. The number of carbonyl (C=O) groups is 1. The third kappa shape index (κ3) is 4.19. The number of hydrogen-bond donors (Lipinski definition) is 1. The Morgan fingerprint density at radius 3 is 2.60 bits per heavy atom. The van der Waals surface area contributed by atoms with Crippen molar-refractivity contribution in [2.45, 2.75) is 12.5 Å². The molecule has 2 heterocycles. The SMILES string of the molecule is COc1ncccc1NC(=O)C[C@@H](c1ccc(Cl)cc1)n1cccc1. The van der Waals surface area contributed by atoms with Crippen LogP contribution in [0.5, 0.6) is 5.88 Å². The summed E-state index contributed by atoms with van der Waals surface area (Å²) in [6.45, 7) is 0. The lowest BCUT2D eigenvalue weighted by atomic mass is 10.0. The molecule has 0 radical (unpaired) electrons. The van der Waals surface area contributed by atoms with Gasteiger partial charge in [-0.25, -0.2) is 4.98 Å². The molecule has 2 aromatic heterocycles. The normalized spacial score (nSPS) is 11.8. The number of pyridine rings is 1. The molecule has 1 N–H and O–H groups in total. The molecule has 6 heteroatoms. The van der Waals surface area contributed by atoms with Gasteiger partial charge in [-0.05, 0) is 42.0 Å². The molecule has 0 saturated heterocycles. The number of aromatic nitrogens is 2. The minimum Gasteiger partial charge on any atom is -0.480 e. The van der Waals surface area contributed by atoms with Gasteiger partial charge in [0.15, 0.2) is 0 Å². The van der Waals surface area contributed by atoms with E-state index in [1.54, 1.807) is 18.3 Å². The Morgan fingerprint density at radius 1 is 1.20 bits per heavy atom. The van der Waals surface area contributed by atoms with E-state index in [-0.39, 0.29) is 18.4 Å². The molecule has 3 rings (SSSR count). The van der Waals surface area contributed by atoms with Gasteiger partial charge >= 0.3 is 0 Å². The highest BCUT2D eigenvalue weighted by Gasteiger charge is 2.18. The summed E-state index contributed by atoms with van der Waals surface area (Å²) in [7, 11) is 1.52. The summed E-state index contributed by atoms with van der Waals surface area (Å²) in [5, 5.41) is 3.54. The lowest BCUT2D eigenvalue weighted by Crippen LogP contribution is -2.20. The zero-order valence-electron chi connectivity index (χ0n) is 13.7. The fraction of sp³-hybridized carbons (Fsp3) is 0.158. The van der Waals surface area contributed by atoms with E-state index in [9.17, 15) is 4.79 Å². The van der Waals surface area contributed by atoms with Crippen LogP contribution in [0.15, 0.2) is 67.1 Å². The molecule has 0 saturated carbocycles. The van der Waals surface area contributed by atoms with Crippen molar-refractivity contribution in [2.75, 3.05) is 12.4 Å². The standard InChI is InChI=1S/C19H18ClN3O2/c1-25-19-16(5-4-10-21-19)22-18(24)13-17(23-11-2-3-12-23)14-6-8-15(20)9-7-14/h2-12,17H,13H2,1H3,(H,22,24)/t17-/m0/s1. The van der Waals surface area contributed by atoms with Gasteiger partial charge in [0.1, 0.15) is 5.69 Å². The zero-order chi connectivity index (χ0) is 17.6. The lowest BCUT2D eigenvalue weighted by molar-refractivity contribution is -0.116. The van der Waals surface area contributed by atoms with Crippen molar-refractivity contribution in [1.82, 2.24) is 9.55 Å². The van der Waals surface area contributed by atoms with Crippen LogP contribution in [-0.4, -0.2) is 22.6 Å². The highest BCUT2D eigenvalue weighted by Crippen LogP contribution is 2.26. The highest BCUT2D eigenvalue weighted by molar-refractivity contribution is 6.30. The van der Waals surface area contributed by atoms with E-state index >= 15 is 0 Å². The lowest BCUT2D eigenvalue weighted by Gasteiger charge is -2.19. The maximum absolute atomic E-state index is 12.6. The van der Waals surface area contributed by atoms with Crippen LogP contribution in [0, 0.1) is 0 Å². The highest BCUT2D eigenvalue weighted by atomic mass is 35.5. The number of hydrogen-bond acceptors (Lipinski definition) is 3. The van der Waals surface area contributed by atoms with Crippen LogP contribution in [0.3, 0.4) is 0 Å². The number of nitrogens with one attached hydrogen (secondary N) is 1. The van der Waals surface area contributed by atoms with Crippen LogP contribution in [0.4, 0.5) is 5.69 Å². The molecular formula is C19H18ClN3O2. The first-order valence-corrected chi connectivity index (χ1v) is 8.22. The van der Waals surface area contributed by atoms with Gasteiger partial charge in [-0.3, -0.25) is 4.79 Å². The molecule has 1 amide bonds. The number of ether oxygens (including phenoxy) is 1. The first-order valence-electron chi connectivity index (χ1n) is 7.84. The fourth-order valence-electron chi connectivity index (χ4n) is 2.66. The first kappa shape index (κ1) is 17.0. The van der Waals surface area contributed by atoms with E-state index < -0.39 is 0 Å². The second-order valence-electron chi connectivity index (χ2n) is 5.51. The Balaban J connectivity index is 1.80. The third-order valence-corrected chi connectivity index (χ3v) is 4.11. The van der Waals surface area contributed by atoms with E-state index in [1.165, 1.54) is 7.11 Å². The molecule has 0 aliphatic rings. The van der Waals surface area contributed by atoms with Crippen molar-refractivity contribution in [1.29, 1.82) is 0 Å². The van der Waals surface area contributed by atoms with Gasteiger partial charge in [-0.15, -0.1) is 0 Å². The number of methoxy groups -OCH3 is 1. The molecule has 0 aliphatic carbocycles. The van der Waals surface area contributed by atoms with Crippen molar-refractivity contribution in [2.24, 2.45) is 0 Å². The minimum atomic E-state index is -0.130. The third-order valence-electron chi connectivity index (χ3n) is 3.86. The molecule has 1 aromatic carbocycles. The number of amides is 1. The van der Waals surface area contributed by atoms with Crippen LogP contribution in [0.25, 0.3) is 0 Å². The van der Waals surface area contributed by atoms with Gasteiger partial charge in [-0.2, -0.15) is 0 Å². The number of nitrogens with zero attached hydrogens (tertiary/aromatic N) is 2. The van der Waals surface area contributed by atoms with E-state index in [4.69, 9.17) is 16.3 Å². The molecule has 1 atom stereocenters. The second-order valence-corrected chi connectivity index (χ2v) is 5.95. The number of benzene rings is 1. The Morgan fingerprint density at radius 2 is 1.92 bits per heavy atom. The molecule has 5 nitrogen and oxygen atoms in total. The maximum atomic E-state index is 12.6. The predicted octanol–water partition coefficient (Wildman–Crippen LogP) is 4.16. The minimum absolute atomic E-state index is 0.125.